The Morgan fingerprint density at radius 2 is 1.89 bits per heavy atom. The summed E-state index contributed by atoms with van der Waals surface area (Å²) >= 11 is 0. The molecule has 0 aliphatic rings. The van der Waals surface area contributed by atoms with E-state index in [-0.39, 0.29) is 0 Å². The predicted octanol–water partition coefficient (Wildman–Crippen LogP) is 2.89. The average Bonchev–Trinajstić information content (AvgIpc) is 2.77. The Morgan fingerprint density at radius 1 is 1.21 bits per heavy atom. The molecule has 102 valence electrons. The van der Waals surface area contributed by atoms with Crippen molar-refractivity contribution in [2.75, 3.05) is 24.3 Å². The Bertz CT molecular complexity index is 526. The van der Waals surface area contributed by atoms with Crippen LogP contribution in [0.1, 0.15) is 18.1 Å². The highest BCUT2D eigenvalue weighted by atomic mass is 15.3. The second kappa shape index (κ2) is 5.78. The van der Waals surface area contributed by atoms with Gasteiger partial charge in [0.1, 0.15) is 0 Å². The maximum Gasteiger partial charge on any atom is 0.151 e. The van der Waals surface area contributed by atoms with E-state index >= 15 is 0 Å². The van der Waals surface area contributed by atoms with Crippen molar-refractivity contribution in [3.8, 4) is 0 Å². The van der Waals surface area contributed by atoms with Gasteiger partial charge in [0, 0.05) is 44.6 Å². The van der Waals surface area contributed by atoms with Crippen LogP contribution < -0.4 is 10.2 Å². The lowest BCUT2D eigenvalue weighted by Crippen LogP contribution is -2.08. The van der Waals surface area contributed by atoms with Crippen molar-refractivity contribution < 1.29 is 0 Å². The highest BCUT2D eigenvalue weighted by Crippen LogP contribution is 2.15. The molecule has 1 heterocycles. The van der Waals surface area contributed by atoms with E-state index in [0.717, 1.165) is 18.9 Å². The number of aryl methyl sites for hydroxylation is 2. The molecule has 0 fully saturated rings. The molecule has 0 aliphatic heterocycles. The SMILES string of the molecule is CCn1cc(C)c(NCc2ccc(N(C)C)cc2)n1. The normalized spacial score (nSPS) is 10.5. The van der Waals surface area contributed by atoms with E-state index in [1.54, 1.807) is 0 Å². The number of nitrogens with one attached hydrogen (secondary N) is 1. The van der Waals surface area contributed by atoms with Crippen LogP contribution in [0.3, 0.4) is 0 Å². The molecule has 0 unspecified atom stereocenters. The second-order valence-corrected chi connectivity index (χ2v) is 4.93. The smallest absolute Gasteiger partial charge is 0.151 e. The minimum absolute atomic E-state index is 0.801. The van der Waals surface area contributed by atoms with E-state index in [4.69, 9.17) is 0 Å². The quantitative estimate of drug-likeness (QED) is 0.895. The molecule has 0 saturated carbocycles. The second-order valence-electron chi connectivity index (χ2n) is 4.93. The van der Waals surface area contributed by atoms with Crippen LogP contribution in [0.4, 0.5) is 11.5 Å². The molecule has 2 rings (SSSR count). The summed E-state index contributed by atoms with van der Waals surface area (Å²) in [5, 5.41) is 7.87. The molecule has 19 heavy (non-hydrogen) atoms. The van der Waals surface area contributed by atoms with E-state index in [0.29, 0.717) is 0 Å². The summed E-state index contributed by atoms with van der Waals surface area (Å²) in [4.78, 5) is 2.10. The molecule has 0 saturated heterocycles. The monoisotopic (exact) mass is 258 g/mol. The molecule has 0 aliphatic carbocycles. The number of benzene rings is 1. The molecule has 2 aromatic rings. The van der Waals surface area contributed by atoms with Crippen LogP contribution in [0, 0.1) is 6.92 Å². The van der Waals surface area contributed by atoms with Crippen molar-refractivity contribution in [3.05, 3.63) is 41.6 Å². The Kier molecular flexibility index (Phi) is 4.10. The standard InChI is InChI=1S/C15H22N4/c1-5-19-11-12(2)15(17-19)16-10-13-6-8-14(9-7-13)18(3)4/h6-9,11H,5,10H2,1-4H3,(H,16,17). The summed E-state index contributed by atoms with van der Waals surface area (Å²) in [6.07, 6.45) is 2.07. The highest BCUT2D eigenvalue weighted by Gasteiger charge is 2.03. The third-order valence-electron chi connectivity index (χ3n) is 3.18. The summed E-state index contributed by atoms with van der Waals surface area (Å²) in [7, 11) is 4.10. The van der Waals surface area contributed by atoms with E-state index in [9.17, 15) is 0 Å². The zero-order valence-corrected chi connectivity index (χ0v) is 12.1. The highest BCUT2D eigenvalue weighted by molar-refractivity contribution is 5.47. The van der Waals surface area contributed by atoms with Crippen molar-refractivity contribution in [2.45, 2.75) is 26.9 Å². The number of rotatable bonds is 5. The van der Waals surface area contributed by atoms with Crippen LogP contribution >= 0.6 is 0 Å². The number of aromatic nitrogens is 2. The third kappa shape index (κ3) is 3.28. The van der Waals surface area contributed by atoms with Crippen LogP contribution in [0.15, 0.2) is 30.5 Å². The van der Waals surface area contributed by atoms with Crippen LogP contribution in [0.2, 0.25) is 0 Å². The van der Waals surface area contributed by atoms with Crippen LogP contribution in [-0.2, 0) is 13.1 Å². The first-order chi connectivity index (χ1) is 9.10. The molecule has 1 aromatic carbocycles. The lowest BCUT2D eigenvalue weighted by Gasteiger charge is -2.12. The number of hydrogen-bond donors (Lipinski definition) is 1. The van der Waals surface area contributed by atoms with Gasteiger partial charge in [-0.15, -0.1) is 0 Å². The fourth-order valence-electron chi connectivity index (χ4n) is 1.96. The van der Waals surface area contributed by atoms with E-state index in [1.807, 2.05) is 18.8 Å². The Labute approximate surface area is 115 Å². The van der Waals surface area contributed by atoms with Crippen molar-refractivity contribution in [2.24, 2.45) is 0 Å². The van der Waals surface area contributed by atoms with E-state index in [2.05, 4.69) is 59.6 Å². The minimum atomic E-state index is 0.801. The molecule has 0 spiro atoms. The molecule has 1 N–H and O–H groups in total. The zero-order valence-electron chi connectivity index (χ0n) is 12.1. The fraction of sp³-hybridized carbons (Fsp3) is 0.400. The largest absolute Gasteiger partial charge is 0.378 e. The molecule has 0 bridgehead atoms. The van der Waals surface area contributed by atoms with Gasteiger partial charge in [-0.2, -0.15) is 5.10 Å². The number of nitrogens with zero attached hydrogens (tertiary/aromatic N) is 3. The van der Waals surface area contributed by atoms with Gasteiger partial charge in [-0.25, -0.2) is 0 Å². The third-order valence-corrected chi connectivity index (χ3v) is 3.18. The minimum Gasteiger partial charge on any atom is -0.378 e. The Morgan fingerprint density at radius 3 is 2.42 bits per heavy atom. The number of anilines is 2. The molecule has 0 radical (unpaired) electrons. The van der Waals surface area contributed by atoms with Gasteiger partial charge in [0.25, 0.3) is 0 Å². The van der Waals surface area contributed by atoms with Crippen molar-refractivity contribution in [3.63, 3.8) is 0 Å². The van der Waals surface area contributed by atoms with Gasteiger partial charge in [-0.1, -0.05) is 12.1 Å². The molecular weight excluding hydrogens is 236 g/mol. The first-order valence-electron chi connectivity index (χ1n) is 6.64. The van der Waals surface area contributed by atoms with Gasteiger partial charge in [-0.05, 0) is 31.5 Å². The summed E-state index contributed by atoms with van der Waals surface area (Å²) in [6.45, 7) is 5.88. The van der Waals surface area contributed by atoms with E-state index < -0.39 is 0 Å². The topological polar surface area (TPSA) is 33.1 Å². The zero-order chi connectivity index (χ0) is 13.8. The maximum atomic E-state index is 4.49. The number of hydrogen-bond acceptors (Lipinski definition) is 3. The molecule has 0 atom stereocenters. The summed E-state index contributed by atoms with van der Waals surface area (Å²) in [6, 6.07) is 8.56. The first kappa shape index (κ1) is 13.5. The van der Waals surface area contributed by atoms with Gasteiger partial charge < -0.3 is 10.2 Å². The lowest BCUT2D eigenvalue weighted by molar-refractivity contribution is 0.661. The van der Waals surface area contributed by atoms with Crippen molar-refractivity contribution in [1.29, 1.82) is 0 Å². The van der Waals surface area contributed by atoms with Gasteiger partial charge in [0.05, 0.1) is 0 Å². The van der Waals surface area contributed by atoms with Gasteiger partial charge >= 0.3 is 0 Å². The first-order valence-corrected chi connectivity index (χ1v) is 6.64. The maximum absolute atomic E-state index is 4.49. The van der Waals surface area contributed by atoms with Gasteiger partial charge in [0.15, 0.2) is 5.82 Å². The fourth-order valence-corrected chi connectivity index (χ4v) is 1.96. The van der Waals surface area contributed by atoms with Crippen LogP contribution in [0.25, 0.3) is 0 Å². The summed E-state index contributed by atoms with van der Waals surface area (Å²) in [5.74, 6) is 0.971. The molecule has 1 aromatic heterocycles. The molecule has 0 amide bonds. The van der Waals surface area contributed by atoms with Crippen LogP contribution in [0.5, 0.6) is 0 Å². The molecule has 4 heteroatoms. The van der Waals surface area contributed by atoms with Crippen LogP contribution in [-0.4, -0.2) is 23.9 Å². The predicted molar refractivity (Wildman–Crippen MR) is 80.7 cm³/mol. The molecule has 4 nitrogen and oxygen atoms in total. The average molecular weight is 258 g/mol. The van der Waals surface area contributed by atoms with Crippen molar-refractivity contribution >= 4 is 11.5 Å². The lowest BCUT2D eigenvalue weighted by atomic mass is 10.2. The van der Waals surface area contributed by atoms with Gasteiger partial charge in [-0.3, -0.25) is 4.68 Å². The summed E-state index contributed by atoms with van der Waals surface area (Å²) < 4.78 is 1.95. The Balaban J connectivity index is 1.99. The van der Waals surface area contributed by atoms with Gasteiger partial charge in [0.2, 0.25) is 0 Å². The molecular formula is C15H22N4. The Hall–Kier alpha value is -1.97. The van der Waals surface area contributed by atoms with E-state index in [1.165, 1.54) is 16.8 Å². The summed E-state index contributed by atoms with van der Waals surface area (Å²) in [5.41, 5.74) is 3.66. The van der Waals surface area contributed by atoms with Crippen molar-refractivity contribution in [1.82, 2.24) is 9.78 Å².